The van der Waals surface area contributed by atoms with E-state index in [2.05, 4.69) is 0 Å². The molecule has 0 saturated carbocycles. The van der Waals surface area contributed by atoms with Crippen LogP contribution in [0.25, 0.3) is 5.76 Å². The van der Waals surface area contributed by atoms with E-state index in [0.717, 1.165) is 11.1 Å². The summed E-state index contributed by atoms with van der Waals surface area (Å²) in [6.45, 7) is 3.83. The Morgan fingerprint density at radius 2 is 1.67 bits per heavy atom. The van der Waals surface area contributed by atoms with Crippen molar-refractivity contribution < 1.29 is 19.4 Å². The summed E-state index contributed by atoms with van der Waals surface area (Å²) in [5.74, 6) is -1.18. The number of amides is 1. The summed E-state index contributed by atoms with van der Waals surface area (Å²) in [5.41, 5.74) is 3.37. The van der Waals surface area contributed by atoms with Gasteiger partial charge in [-0.3, -0.25) is 14.5 Å². The van der Waals surface area contributed by atoms with Gasteiger partial charge in [0.1, 0.15) is 11.5 Å². The summed E-state index contributed by atoms with van der Waals surface area (Å²) in [6.07, 6.45) is 0. The predicted molar refractivity (Wildman–Crippen MR) is 130 cm³/mol. The van der Waals surface area contributed by atoms with Crippen molar-refractivity contribution in [2.75, 3.05) is 12.0 Å². The third-order valence-corrected chi connectivity index (χ3v) is 6.64. The van der Waals surface area contributed by atoms with Crippen LogP contribution in [0.15, 0.2) is 66.2 Å². The van der Waals surface area contributed by atoms with E-state index in [1.54, 1.807) is 43.5 Å². The third kappa shape index (κ3) is 3.99. The average molecular weight is 482 g/mol. The maximum atomic E-state index is 13.3. The van der Waals surface area contributed by atoms with Crippen molar-refractivity contribution in [3.05, 3.63) is 98.5 Å². The Labute approximate surface area is 201 Å². The van der Waals surface area contributed by atoms with E-state index in [4.69, 9.17) is 27.9 Å². The van der Waals surface area contributed by atoms with Crippen molar-refractivity contribution >= 4 is 46.3 Å². The number of carbonyl (C=O) groups excluding carboxylic acids is 2. The molecule has 1 atom stereocenters. The summed E-state index contributed by atoms with van der Waals surface area (Å²) >= 11 is 12.2. The molecule has 0 aromatic heterocycles. The van der Waals surface area contributed by atoms with E-state index in [0.29, 0.717) is 27.6 Å². The number of ether oxygens (including phenoxy) is 1. The fourth-order valence-electron chi connectivity index (χ4n) is 3.98. The molecule has 1 saturated heterocycles. The van der Waals surface area contributed by atoms with E-state index in [1.807, 2.05) is 26.0 Å². The number of rotatable bonds is 4. The highest BCUT2D eigenvalue weighted by atomic mass is 35.5. The van der Waals surface area contributed by atoms with Crippen molar-refractivity contribution in [2.24, 2.45) is 0 Å². The Balaban J connectivity index is 1.98. The van der Waals surface area contributed by atoms with Crippen LogP contribution in [-0.2, 0) is 9.59 Å². The van der Waals surface area contributed by atoms with Crippen molar-refractivity contribution in [1.29, 1.82) is 0 Å². The SMILES string of the molecule is COc1ccc(C2/C(=C(\O)c3ccc(Cl)c(Cl)c3)C(=O)C(=O)N2c2cccc(C)c2C)cc1. The molecule has 1 unspecified atom stereocenters. The van der Waals surface area contributed by atoms with Crippen molar-refractivity contribution in [3.63, 3.8) is 0 Å². The molecule has 1 heterocycles. The van der Waals surface area contributed by atoms with Crippen molar-refractivity contribution in [1.82, 2.24) is 0 Å². The number of hydrogen-bond donors (Lipinski definition) is 1. The maximum absolute atomic E-state index is 13.3. The highest BCUT2D eigenvalue weighted by Crippen LogP contribution is 2.44. The van der Waals surface area contributed by atoms with Crippen LogP contribution in [-0.4, -0.2) is 23.9 Å². The van der Waals surface area contributed by atoms with Gasteiger partial charge >= 0.3 is 0 Å². The molecule has 1 amide bonds. The fourth-order valence-corrected chi connectivity index (χ4v) is 4.28. The van der Waals surface area contributed by atoms with Crippen molar-refractivity contribution in [3.8, 4) is 5.75 Å². The van der Waals surface area contributed by atoms with Gasteiger partial charge in [-0.1, -0.05) is 47.5 Å². The van der Waals surface area contributed by atoms with Gasteiger partial charge in [0.2, 0.25) is 0 Å². The Hall–Kier alpha value is -3.28. The second-order valence-electron chi connectivity index (χ2n) is 7.79. The number of carbonyl (C=O) groups is 2. The average Bonchev–Trinajstić information content (AvgIpc) is 3.07. The zero-order valence-electron chi connectivity index (χ0n) is 18.2. The van der Waals surface area contributed by atoms with Crippen LogP contribution < -0.4 is 9.64 Å². The van der Waals surface area contributed by atoms with Crippen molar-refractivity contribution in [2.45, 2.75) is 19.9 Å². The number of Topliss-reactive ketones (excluding diaryl/α,β-unsaturated/α-hetero) is 1. The van der Waals surface area contributed by atoms with E-state index in [-0.39, 0.29) is 16.4 Å². The number of methoxy groups -OCH3 is 1. The summed E-state index contributed by atoms with van der Waals surface area (Å²) in [4.78, 5) is 28.0. The molecule has 0 aliphatic carbocycles. The van der Waals surface area contributed by atoms with Crippen LogP contribution >= 0.6 is 23.2 Å². The van der Waals surface area contributed by atoms with Gasteiger partial charge in [0, 0.05) is 11.3 Å². The molecule has 33 heavy (non-hydrogen) atoms. The summed E-state index contributed by atoms with van der Waals surface area (Å²) in [5, 5.41) is 11.7. The minimum Gasteiger partial charge on any atom is -0.507 e. The van der Waals surface area contributed by atoms with Crippen LogP contribution in [0.2, 0.25) is 10.0 Å². The summed E-state index contributed by atoms with van der Waals surface area (Å²) in [7, 11) is 1.56. The number of anilines is 1. The van der Waals surface area contributed by atoms with E-state index >= 15 is 0 Å². The first-order valence-corrected chi connectivity index (χ1v) is 11.0. The van der Waals surface area contributed by atoms with Gasteiger partial charge in [-0.05, 0) is 66.9 Å². The largest absolute Gasteiger partial charge is 0.507 e. The molecule has 1 fully saturated rings. The van der Waals surface area contributed by atoms with Gasteiger partial charge in [0.25, 0.3) is 11.7 Å². The molecule has 7 heteroatoms. The lowest BCUT2D eigenvalue weighted by molar-refractivity contribution is -0.132. The Bertz CT molecular complexity index is 1300. The minimum absolute atomic E-state index is 0.0236. The molecule has 3 aromatic rings. The molecule has 1 aliphatic rings. The first kappa shape index (κ1) is 22.9. The van der Waals surface area contributed by atoms with Crippen LogP contribution in [0.4, 0.5) is 5.69 Å². The first-order valence-electron chi connectivity index (χ1n) is 10.2. The molecule has 0 radical (unpaired) electrons. The second-order valence-corrected chi connectivity index (χ2v) is 8.60. The molecule has 4 rings (SSSR count). The molecular formula is C26H21Cl2NO4. The van der Waals surface area contributed by atoms with Crippen LogP contribution in [0.5, 0.6) is 5.75 Å². The number of aliphatic hydroxyl groups excluding tert-OH is 1. The summed E-state index contributed by atoms with van der Waals surface area (Å²) in [6, 6.07) is 16.3. The number of benzene rings is 3. The number of halogens is 2. The van der Waals surface area contributed by atoms with E-state index in [1.165, 1.54) is 17.0 Å². The maximum Gasteiger partial charge on any atom is 0.300 e. The van der Waals surface area contributed by atoms with Gasteiger partial charge in [-0.15, -0.1) is 0 Å². The number of nitrogens with zero attached hydrogens (tertiary/aromatic N) is 1. The monoisotopic (exact) mass is 481 g/mol. The molecule has 168 valence electrons. The summed E-state index contributed by atoms with van der Waals surface area (Å²) < 4.78 is 5.25. The van der Waals surface area contributed by atoms with Crippen LogP contribution in [0.1, 0.15) is 28.3 Å². The first-order chi connectivity index (χ1) is 15.7. The van der Waals surface area contributed by atoms with Gasteiger partial charge < -0.3 is 9.84 Å². The van der Waals surface area contributed by atoms with Gasteiger partial charge in [-0.2, -0.15) is 0 Å². The zero-order valence-corrected chi connectivity index (χ0v) is 19.7. The molecule has 1 aliphatic heterocycles. The lowest BCUT2D eigenvalue weighted by Gasteiger charge is -2.27. The van der Waals surface area contributed by atoms with Gasteiger partial charge in [0.15, 0.2) is 0 Å². The molecule has 5 nitrogen and oxygen atoms in total. The number of aryl methyl sites for hydroxylation is 1. The van der Waals surface area contributed by atoms with Crippen LogP contribution in [0, 0.1) is 13.8 Å². The third-order valence-electron chi connectivity index (χ3n) is 5.90. The molecule has 0 bridgehead atoms. The normalized spacial score (nSPS) is 17.5. The molecule has 1 N–H and O–H groups in total. The Morgan fingerprint density at radius 1 is 0.970 bits per heavy atom. The minimum atomic E-state index is -0.842. The van der Waals surface area contributed by atoms with Gasteiger partial charge in [0.05, 0.1) is 28.8 Å². The quantitative estimate of drug-likeness (QED) is 0.271. The highest BCUT2D eigenvalue weighted by molar-refractivity contribution is 6.52. The van der Waals surface area contributed by atoms with E-state index in [9.17, 15) is 14.7 Å². The Morgan fingerprint density at radius 3 is 2.30 bits per heavy atom. The second kappa shape index (κ2) is 8.93. The van der Waals surface area contributed by atoms with Gasteiger partial charge in [-0.25, -0.2) is 0 Å². The number of hydrogen-bond acceptors (Lipinski definition) is 4. The topological polar surface area (TPSA) is 66.8 Å². The molecule has 3 aromatic carbocycles. The standard InChI is InChI=1S/C26H21Cl2NO4/c1-14-5-4-6-21(15(14)2)29-23(16-7-10-18(33-3)11-8-16)22(25(31)26(29)32)24(30)17-9-12-19(27)20(28)13-17/h4-13,23,30H,1-3H3/b24-22+. The lowest BCUT2D eigenvalue weighted by Crippen LogP contribution is -2.30. The van der Waals surface area contributed by atoms with E-state index < -0.39 is 17.7 Å². The smallest absolute Gasteiger partial charge is 0.300 e. The highest BCUT2D eigenvalue weighted by Gasteiger charge is 2.47. The molecular weight excluding hydrogens is 461 g/mol. The zero-order chi connectivity index (χ0) is 23.9. The predicted octanol–water partition coefficient (Wildman–Crippen LogP) is 6.25. The number of aliphatic hydroxyl groups is 1. The molecule has 0 spiro atoms. The fraction of sp³-hybridized carbons (Fsp3) is 0.154. The number of ketones is 1. The lowest BCUT2D eigenvalue weighted by atomic mass is 9.94. The Kier molecular flexibility index (Phi) is 6.19. The van der Waals surface area contributed by atoms with Crippen LogP contribution in [0.3, 0.4) is 0 Å².